The van der Waals surface area contributed by atoms with Gasteiger partial charge in [-0.25, -0.2) is 9.69 Å². The van der Waals surface area contributed by atoms with E-state index in [1.807, 2.05) is 48.5 Å². The number of benzene rings is 7. The molecule has 0 radical (unpaired) electrons. The molecule has 7 aromatic carbocycles. The molecule has 2 aromatic heterocycles. The Kier molecular flexibility index (Phi) is 6.56. The summed E-state index contributed by atoms with van der Waals surface area (Å²) >= 11 is 0. The van der Waals surface area contributed by atoms with E-state index < -0.39 is 0 Å². The Bertz CT molecular complexity index is 2900. The molecule has 0 saturated carbocycles. The Balaban J connectivity index is 1.23. The number of hydrogen-bond donors (Lipinski definition) is 0. The molecule has 230 valence electrons. The topological polar surface area (TPSA) is 42.4 Å². The van der Waals surface area contributed by atoms with Gasteiger partial charge in [-0.3, -0.25) is 0 Å². The van der Waals surface area contributed by atoms with E-state index in [-0.39, 0.29) is 0 Å². The first-order valence-corrected chi connectivity index (χ1v) is 16.2. The Morgan fingerprint density at radius 1 is 0.500 bits per heavy atom. The minimum Gasteiger partial charge on any atom is -0.319 e. The summed E-state index contributed by atoms with van der Waals surface area (Å²) in [6, 6.07) is 53.4. The monoisotopic (exact) mass is 635 g/mol. The molecule has 50 heavy (non-hydrogen) atoms. The first kappa shape index (κ1) is 28.8. The van der Waals surface area contributed by atoms with Crippen LogP contribution in [-0.4, -0.2) is 9.13 Å². The third-order valence-electron chi connectivity index (χ3n) is 9.60. The number of hydrogen-bond acceptors (Lipinski definition) is 1. The molecule has 5 heteroatoms. The standard InChI is InChI=1S/C45H25N5/c1-47-31-21-24-37(44(27-31)50-41-16-7-5-12-35(41)36-13-6-8-17-42(36)50)34-11-4-3-10-33(34)30-19-22-32(23-20-30)49-43-25-18-29(28-46)26-39(43)38-14-9-15-40(48-2)45(38)49/h3-27H. The van der Waals surface area contributed by atoms with Crippen molar-refractivity contribution in [1.82, 2.24) is 9.13 Å². The van der Waals surface area contributed by atoms with Crippen LogP contribution in [0.15, 0.2) is 152 Å². The lowest BCUT2D eigenvalue weighted by atomic mass is 9.93. The van der Waals surface area contributed by atoms with Gasteiger partial charge in [-0.05, 0) is 70.6 Å². The van der Waals surface area contributed by atoms with E-state index in [9.17, 15) is 5.26 Å². The zero-order chi connectivity index (χ0) is 33.8. The van der Waals surface area contributed by atoms with Gasteiger partial charge in [0.2, 0.25) is 5.69 Å². The summed E-state index contributed by atoms with van der Waals surface area (Å²) in [5.41, 5.74) is 11.8. The van der Waals surface area contributed by atoms with Crippen LogP contribution in [0, 0.1) is 24.5 Å². The summed E-state index contributed by atoms with van der Waals surface area (Å²) in [5.74, 6) is 0. The van der Waals surface area contributed by atoms with Crippen LogP contribution in [0.25, 0.3) is 86.9 Å². The average molecular weight is 636 g/mol. The number of nitrogens with zero attached hydrogens (tertiary/aromatic N) is 5. The van der Waals surface area contributed by atoms with Crippen LogP contribution < -0.4 is 0 Å². The third kappa shape index (κ3) is 4.31. The van der Waals surface area contributed by atoms with E-state index in [0.717, 1.165) is 66.5 Å². The number of nitriles is 1. The quantitative estimate of drug-likeness (QED) is 0.177. The molecule has 0 atom stereocenters. The van der Waals surface area contributed by atoms with Gasteiger partial charge in [0.15, 0.2) is 5.69 Å². The van der Waals surface area contributed by atoms with Gasteiger partial charge in [-0.1, -0.05) is 103 Å². The van der Waals surface area contributed by atoms with E-state index in [1.165, 1.54) is 10.8 Å². The summed E-state index contributed by atoms with van der Waals surface area (Å²) < 4.78 is 4.40. The van der Waals surface area contributed by atoms with Gasteiger partial charge in [0.05, 0.1) is 46.8 Å². The molecular formula is C45H25N5. The lowest BCUT2D eigenvalue weighted by Gasteiger charge is -2.18. The zero-order valence-corrected chi connectivity index (χ0v) is 26.7. The van der Waals surface area contributed by atoms with Crippen molar-refractivity contribution in [2.45, 2.75) is 0 Å². The lowest BCUT2D eigenvalue weighted by molar-refractivity contribution is 1.18. The summed E-state index contributed by atoms with van der Waals surface area (Å²) in [5, 5.41) is 13.8. The first-order chi connectivity index (χ1) is 24.7. The van der Waals surface area contributed by atoms with Gasteiger partial charge in [0, 0.05) is 33.1 Å². The van der Waals surface area contributed by atoms with Gasteiger partial charge in [-0.15, -0.1) is 0 Å². The van der Waals surface area contributed by atoms with Crippen molar-refractivity contribution in [2.75, 3.05) is 0 Å². The van der Waals surface area contributed by atoms with Crippen LogP contribution in [-0.2, 0) is 0 Å². The molecule has 0 N–H and O–H groups in total. The van der Waals surface area contributed by atoms with E-state index in [1.54, 1.807) is 0 Å². The van der Waals surface area contributed by atoms with Crippen LogP contribution in [0.1, 0.15) is 5.56 Å². The minimum absolute atomic E-state index is 0.562. The summed E-state index contributed by atoms with van der Waals surface area (Å²) in [4.78, 5) is 7.67. The highest BCUT2D eigenvalue weighted by atomic mass is 15.0. The number of fused-ring (bicyclic) bond motifs is 6. The molecule has 9 aromatic rings. The van der Waals surface area contributed by atoms with E-state index in [2.05, 4.69) is 128 Å². The van der Waals surface area contributed by atoms with Gasteiger partial charge in [-0.2, -0.15) is 5.26 Å². The van der Waals surface area contributed by atoms with Crippen molar-refractivity contribution in [3.8, 4) is 39.7 Å². The molecular weight excluding hydrogens is 611 g/mol. The molecule has 0 amide bonds. The Labute approximate surface area is 288 Å². The fraction of sp³-hybridized carbons (Fsp3) is 0. The second-order valence-electron chi connectivity index (χ2n) is 12.2. The van der Waals surface area contributed by atoms with Crippen LogP contribution >= 0.6 is 0 Å². The van der Waals surface area contributed by atoms with Crippen LogP contribution in [0.5, 0.6) is 0 Å². The molecule has 0 spiro atoms. The number of rotatable bonds is 4. The maximum absolute atomic E-state index is 9.61. The van der Waals surface area contributed by atoms with Crippen molar-refractivity contribution in [2.24, 2.45) is 0 Å². The molecule has 0 aliphatic carbocycles. The maximum Gasteiger partial charge on any atom is 0.211 e. The van der Waals surface area contributed by atoms with E-state index in [4.69, 9.17) is 13.1 Å². The normalized spacial score (nSPS) is 11.1. The first-order valence-electron chi connectivity index (χ1n) is 16.2. The highest BCUT2D eigenvalue weighted by Crippen LogP contribution is 2.42. The SMILES string of the molecule is [C-]#[N+]c1ccc(-c2ccccc2-c2ccc(-n3c4ccc(C#N)cc4c4cccc([N+]#[C-])c43)cc2)c(-n2c3ccccc3c3ccccc32)c1. The van der Waals surface area contributed by atoms with Gasteiger partial charge in [0.25, 0.3) is 0 Å². The minimum atomic E-state index is 0.562. The predicted octanol–water partition coefficient (Wildman–Crippen LogP) is 12.2. The Morgan fingerprint density at radius 2 is 1.16 bits per heavy atom. The van der Waals surface area contributed by atoms with Crippen molar-refractivity contribution in [1.29, 1.82) is 5.26 Å². The highest BCUT2D eigenvalue weighted by Gasteiger charge is 2.19. The maximum atomic E-state index is 9.61. The second-order valence-corrected chi connectivity index (χ2v) is 12.2. The van der Waals surface area contributed by atoms with Crippen molar-refractivity contribution >= 4 is 55.0 Å². The fourth-order valence-corrected chi connectivity index (χ4v) is 7.42. The van der Waals surface area contributed by atoms with Crippen LogP contribution in [0.2, 0.25) is 0 Å². The van der Waals surface area contributed by atoms with Crippen molar-refractivity contribution in [3.63, 3.8) is 0 Å². The molecule has 0 aliphatic heterocycles. The largest absolute Gasteiger partial charge is 0.319 e. The van der Waals surface area contributed by atoms with Gasteiger partial charge >= 0.3 is 0 Å². The van der Waals surface area contributed by atoms with Gasteiger partial charge in [0.1, 0.15) is 0 Å². The number of para-hydroxylation sites is 3. The summed E-state index contributed by atoms with van der Waals surface area (Å²) in [6.45, 7) is 15.8. The summed E-state index contributed by atoms with van der Waals surface area (Å²) in [7, 11) is 0. The molecule has 0 bridgehead atoms. The lowest BCUT2D eigenvalue weighted by Crippen LogP contribution is -1.98. The highest BCUT2D eigenvalue weighted by molar-refractivity contribution is 6.14. The Morgan fingerprint density at radius 3 is 1.86 bits per heavy atom. The van der Waals surface area contributed by atoms with E-state index in [0.29, 0.717) is 16.9 Å². The van der Waals surface area contributed by atoms with E-state index >= 15 is 0 Å². The second kappa shape index (κ2) is 11.4. The van der Waals surface area contributed by atoms with Crippen molar-refractivity contribution < 1.29 is 0 Å². The van der Waals surface area contributed by atoms with Gasteiger partial charge < -0.3 is 9.13 Å². The van der Waals surface area contributed by atoms with Crippen LogP contribution in [0.3, 0.4) is 0 Å². The molecule has 0 unspecified atom stereocenters. The zero-order valence-electron chi connectivity index (χ0n) is 26.7. The molecule has 2 heterocycles. The molecule has 0 saturated heterocycles. The summed E-state index contributed by atoms with van der Waals surface area (Å²) in [6.07, 6.45) is 0. The molecule has 5 nitrogen and oxygen atoms in total. The Hall–Kier alpha value is -7.39. The third-order valence-corrected chi connectivity index (χ3v) is 9.60. The van der Waals surface area contributed by atoms with Crippen molar-refractivity contribution in [3.05, 3.63) is 180 Å². The molecule has 9 rings (SSSR count). The fourth-order valence-electron chi connectivity index (χ4n) is 7.42. The molecule has 0 aliphatic rings. The predicted molar refractivity (Wildman–Crippen MR) is 203 cm³/mol. The molecule has 0 fully saturated rings. The smallest absolute Gasteiger partial charge is 0.211 e. The number of aromatic nitrogens is 2. The van der Waals surface area contributed by atoms with Crippen LogP contribution in [0.4, 0.5) is 11.4 Å². The average Bonchev–Trinajstić information content (AvgIpc) is 3.70.